The van der Waals surface area contributed by atoms with Crippen molar-refractivity contribution in [3.63, 3.8) is 0 Å². The van der Waals surface area contributed by atoms with E-state index in [1.807, 2.05) is 19.1 Å². The third-order valence-corrected chi connectivity index (χ3v) is 2.68. The summed E-state index contributed by atoms with van der Waals surface area (Å²) in [5, 5.41) is 8.98. The van der Waals surface area contributed by atoms with E-state index in [0.29, 0.717) is 6.42 Å². The molecule has 0 aromatic rings. The fourth-order valence-electron chi connectivity index (χ4n) is 1.20. The summed E-state index contributed by atoms with van der Waals surface area (Å²) in [5.74, 6) is -0.730. The standard InChI is InChI=1S/C12H22O2/c1-4-6-7-8-9-10-12(3,5-2)11(13)14/h9-10H,4-8H2,1-3H3,(H,13,14). The molecule has 0 rings (SSSR count). The normalized spacial score (nSPS) is 15.6. The van der Waals surface area contributed by atoms with Crippen molar-refractivity contribution in [1.82, 2.24) is 0 Å². The lowest BCUT2D eigenvalue weighted by atomic mass is 9.87. The Morgan fingerprint density at radius 2 is 2.00 bits per heavy atom. The van der Waals surface area contributed by atoms with Gasteiger partial charge in [0.1, 0.15) is 0 Å². The van der Waals surface area contributed by atoms with E-state index in [9.17, 15) is 4.79 Å². The first-order chi connectivity index (χ1) is 6.56. The third-order valence-electron chi connectivity index (χ3n) is 2.68. The molecule has 0 aliphatic heterocycles. The minimum atomic E-state index is -0.730. The predicted octanol–water partition coefficient (Wildman–Crippen LogP) is 3.62. The molecule has 1 atom stereocenters. The zero-order chi connectivity index (χ0) is 11.0. The minimum absolute atomic E-state index is 0.645. The average molecular weight is 198 g/mol. The zero-order valence-corrected chi connectivity index (χ0v) is 9.55. The fraction of sp³-hybridized carbons (Fsp3) is 0.750. The maximum atomic E-state index is 10.9. The third kappa shape index (κ3) is 4.45. The Bertz CT molecular complexity index is 196. The molecular formula is C12H22O2. The summed E-state index contributed by atoms with van der Waals surface area (Å²) in [6.07, 6.45) is 9.08. The second kappa shape index (κ2) is 6.63. The van der Waals surface area contributed by atoms with Gasteiger partial charge >= 0.3 is 5.97 Å². The summed E-state index contributed by atoms with van der Waals surface area (Å²) in [7, 11) is 0. The summed E-state index contributed by atoms with van der Waals surface area (Å²) in [6.45, 7) is 5.84. The van der Waals surface area contributed by atoms with Crippen LogP contribution in [-0.4, -0.2) is 11.1 Å². The first-order valence-electron chi connectivity index (χ1n) is 5.48. The molecule has 0 radical (unpaired) electrons. The highest BCUT2D eigenvalue weighted by atomic mass is 16.4. The molecule has 0 aromatic carbocycles. The minimum Gasteiger partial charge on any atom is -0.481 e. The van der Waals surface area contributed by atoms with E-state index in [0.717, 1.165) is 12.8 Å². The fourth-order valence-corrected chi connectivity index (χ4v) is 1.20. The maximum absolute atomic E-state index is 10.9. The highest BCUT2D eigenvalue weighted by molar-refractivity contribution is 5.76. The molecule has 2 nitrogen and oxygen atoms in total. The van der Waals surface area contributed by atoms with Crippen LogP contribution in [-0.2, 0) is 4.79 Å². The highest BCUT2D eigenvalue weighted by Gasteiger charge is 2.27. The Morgan fingerprint density at radius 1 is 1.36 bits per heavy atom. The number of carboxylic acid groups (broad SMARTS) is 1. The van der Waals surface area contributed by atoms with Crippen LogP contribution in [0.5, 0.6) is 0 Å². The molecule has 1 unspecified atom stereocenters. The Kier molecular flexibility index (Phi) is 6.26. The molecule has 1 N–H and O–H groups in total. The topological polar surface area (TPSA) is 37.3 Å². The summed E-state index contributed by atoms with van der Waals surface area (Å²) >= 11 is 0. The van der Waals surface area contributed by atoms with Crippen LogP contribution in [0, 0.1) is 5.41 Å². The Labute approximate surface area is 87.0 Å². The SMILES string of the molecule is CCCCCC=CC(C)(CC)C(=O)O. The van der Waals surface area contributed by atoms with Crippen LogP contribution in [0.1, 0.15) is 52.9 Å². The molecule has 0 saturated heterocycles. The molecule has 0 saturated carbocycles. The van der Waals surface area contributed by atoms with Crippen LogP contribution in [0.4, 0.5) is 0 Å². The second-order valence-electron chi connectivity index (χ2n) is 3.97. The number of carboxylic acids is 1. The van der Waals surface area contributed by atoms with Gasteiger partial charge in [-0.05, 0) is 26.2 Å². The van der Waals surface area contributed by atoms with Crippen LogP contribution in [0.2, 0.25) is 0 Å². The van der Waals surface area contributed by atoms with Crippen molar-refractivity contribution in [3.05, 3.63) is 12.2 Å². The largest absolute Gasteiger partial charge is 0.481 e. The summed E-state index contributed by atoms with van der Waals surface area (Å²) < 4.78 is 0. The molecule has 2 heteroatoms. The molecule has 0 bridgehead atoms. The van der Waals surface area contributed by atoms with Crippen LogP contribution >= 0.6 is 0 Å². The van der Waals surface area contributed by atoms with E-state index in [-0.39, 0.29) is 0 Å². The smallest absolute Gasteiger partial charge is 0.313 e. The van der Waals surface area contributed by atoms with Crippen LogP contribution in [0.15, 0.2) is 12.2 Å². The van der Waals surface area contributed by atoms with Gasteiger partial charge in [-0.25, -0.2) is 0 Å². The van der Waals surface area contributed by atoms with Crippen molar-refractivity contribution >= 4 is 5.97 Å². The number of rotatable bonds is 7. The number of allylic oxidation sites excluding steroid dienone is 1. The van der Waals surface area contributed by atoms with Gasteiger partial charge in [-0.2, -0.15) is 0 Å². The van der Waals surface area contributed by atoms with Crippen molar-refractivity contribution in [2.24, 2.45) is 5.41 Å². The van der Waals surface area contributed by atoms with Gasteiger partial charge in [-0.1, -0.05) is 38.8 Å². The maximum Gasteiger partial charge on any atom is 0.313 e. The van der Waals surface area contributed by atoms with Gasteiger partial charge in [0.15, 0.2) is 0 Å². The van der Waals surface area contributed by atoms with Gasteiger partial charge in [0.25, 0.3) is 0 Å². The second-order valence-corrected chi connectivity index (χ2v) is 3.97. The quantitative estimate of drug-likeness (QED) is 0.501. The van der Waals surface area contributed by atoms with Gasteiger partial charge in [0.05, 0.1) is 5.41 Å². The molecule has 0 fully saturated rings. The molecule has 0 heterocycles. The number of carbonyl (C=O) groups is 1. The van der Waals surface area contributed by atoms with Gasteiger partial charge in [-0.3, -0.25) is 4.79 Å². The van der Waals surface area contributed by atoms with Crippen molar-refractivity contribution in [3.8, 4) is 0 Å². The molecule has 0 amide bonds. The summed E-state index contributed by atoms with van der Waals surface area (Å²) in [4.78, 5) is 10.9. The predicted molar refractivity (Wildman–Crippen MR) is 59.3 cm³/mol. The molecule has 0 spiro atoms. The first-order valence-corrected chi connectivity index (χ1v) is 5.48. The van der Waals surface area contributed by atoms with E-state index in [1.165, 1.54) is 12.8 Å². The van der Waals surface area contributed by atoms with E-state index in [2.05, 4.69) is 6.92 Å². The van der Waals surface area contributed by atoms with Gasteiger partial charge in [-0.15, -0.1) is 0 Å². The first kappa shape index (κ1) is 13.2. The van der Waals surface area contributed by atoms with Gasteiger partial charge in [0.2, 0.25) is 0 Å². The lowest BCUT2D eigenvalue weighted by Crippen LogP contribution is -2.23. The number of hydrogen-bond acceptors (Lipinski definition) is 1. The zero-order valence-electron chi connectivity index (χ0n) is 9.55. The van der Waals surface area contributed by atoms with Gasteiger partial charge in [0, 0.05) is 0 Å². The van der Waals surface area contributed by atoms with Crippen molar-refractivity contribution in [2.45, 2.75) is 52.9 Å². The Morgan fingerprint density at radius 3 is 2.43 bits per heavy atom. The molecular weight excluding hydrogens is 176 g/mol. The van der Waals surface area contributed by atoms with Crippen molar-refractivity contribution < 1.29 is 9.90 Å². The number of unbranched alkanes of at least 4 members (excludes halogenated alkanes) is 3. The Hall–Kier alpha value is -0.790. The van der Waals surface area contributed by atoms with Crippen molar-refractivity contribution in [1.29, 1.82) is 0 Å². The van der Waals surface area contributed by atoms with Crippen LogP contribution < -0.4 is 0 Å². The monoisotopic (exact) mass is 198 g/mol. The molecule has 0 aliphatic carbocycles. The molecule has 0 aliphatic rings. The van der Waals surface area contributed by atoms with E-state index in [1.54, 1.807) is 6.92 Å². The summed E-state index contributed by atoms with van der Waals surface area (Å²) in [5.41, 5.74) is -0.674. The van der Waals surface area contributed by atoms with E-state index in [4.69, 9.17) is 5.11 Å². The molecule has 82 valence electrons. The van der Waals surface area contributed by atoms with E-state index >= 15 is 0 Å². The van der Waals surface area contributed by atoms with Gasteiger partial charge < -0.3 is 5.11 Å². The lowest BCUT2D eigenvalue weighted by molar-refractivity contribution is -0.145. The van der Waals surface area contributed by atoms with E-state index < -0.39 is 11.4 Å². The molecule has 0 aromatic heterocycles. The number of hydrogen-bond donors (Lipinski definition) is 1. The summed E-state index contributed by atoms with van der Waals surface area (Å²) in [6, 6.07) is 0. The van der Waals surface area contributed by atoms with Crippen LogP contribution in [0.3, 0.4) is 0 Å². The lowest BCUT2D eigenvalue weighted by Gasteiger charge is -2.17. The number of aliphatic carboxylic acids is 1. The van der Waals surface area contributed by atoms with Crippen LogP contribution in [0.25, 0.3) is 0 Å². The molecule has 14 heavy (non-hydrogen) atoms. The average Bonchev–Trinajstić information content (AvgIpc) is 2.17. The highest BCUT2D eigenvalue weighted by Crippen LogP contribution is 2.23. The van der Waals surface area contributed by atoms with Crippen molar-refractivity contribution in [2.75, 3.05) is 0 Å². The Balaban J connectivity index is 3.98.